The van der Waals surface area contributed by atoms with Gasteiger partial charge in [-0.1, -0.05) is 66.7 Å². The van der Waals surface area contributed by atoms with Crippen LogP contribution in [-0.2, 0) is 14.1 Å². The van der Waals surface area contributed by atoms with E-state index >= 15 is 0 Å². The Kier molecular flexibility index (Phi) is 5.13. The highest BCUT2D eigenvalue weighted by molar-refractivity contribution is 5.88. The maximum atomic E-state index is 10.9. The minimum Gasteiger partial charge on any atom is -0.388 e. The van der Waals surface area contributed by atoms with Crippen molar-refractivity contribution in [2.45, 2.75) is 24.9 Å². The van der Waals surface area contributed by atoms with E-state index in [0.717, 1.165) is 12.0 Å². The molecule has 1 atom stereocenters. The van der Waals surface area contributed by atoms with Gasteiger partial charge in [-0.25, -0.2) is 0 Å². The molecule has 1 N–H and O–H groups in total. The van der Waals surface area contributed by atoms with Gasteiger partial charge in [0.15, 0.2) is 0 Å². The summed E-state index contributed by atoms with van der Waals surface area (Å²) in [5, 5.41) is 13.5. The Labute approximate surface area is 183 Å². The van der Waals surface area contributed by atoms with Crippen LogP contribution in [0.1, 0.15) is 41.6 Å². The molecule has 31 heavy (non-hydrogen) atoms. The highest BCUT2D eigenvalue weighted by atomic mass is 16.3. The fourth-order valence-electron chi connectivity index (χ4n) is 4.95. The van der Waals surface area contributed by atoms with Gasteiger partial charge in [-0.05, 0) is 41.7 Å². The first-order valence-electron chi connectivity index (χ1n) is 10.9. The zero-order valence-corrected chi connectivity index (χ0v) is 18.1. The highest BCUT2D eigenvalue weighted by Gasteiger charge is 2.24. The molecule has 3 heteroatoms. The lowest BCUT2D eigenvalue weighted by Crippen LogP contribution is -2.05. The molecule has 156 valence electrons. The van der Waals surface area contributed by atoms with Crippen molar-refractivity contribution < 1.29 is 5.11 Å². The monoisotopic (exact) mass is 408 g/mol. The van der Waals surface area contributed by atoms with E-state index in [1.54, 1.807) is 0 Å². The lowest BCUT2D eigenvalue weighted by molar-refractivity contribution is 0.163. The molecule has 0 saturated heterocycles. The summed E-state index contributed by atoms with van der Waals surface area (Å²) in [5.41, 5.74) is 6.12. The molecule has 1 unspecified atom stereocenters. The SMILES string of the molecule is Cn1cc(C(CCC(O)c2ccccc2)c2cn(C)c3ccccc23)c2ccccc21. The molecule has 0 saturated carbocycles. The van der Waals surface area contributed by atoms with E-state index in [9.17, 15) is 5.11 Å². The molecule has 0 aliphatic heterocycles. The van der Waals surface area contributed by atoms with Crippen LogP contribution in [0.2, 0.25) is 0 Å². The zero-order valence-electron chi connectivity index (χ0n) is 18.1. The van der Waals surface area contributed by atoms with Crippen LogP contribution in [-0.4, -0.2) is 14.2 Å². The van der Waals surface area contributed by atoms with Gasteiger partial charge in [-0.2, -0.15) is 0 Å². The van der Waals surface area contributed by atoms with E-state index in [-0.39, 0.29) is 5.92 Å². The number of para-hydroxylation sites is 2. The fraction of sp³-hybridized carbons (Fsp3) is 0.214. The zero-order chi connectivity index (χ0) is 21.4. The van der Waals surface area contributed by atoms with Gasteiger partial charge >= 0.3 is 0 Å². The molecule has 3 nitrogen and oxygen atoms in total. The third kappa shape index (κ3) is 3.55. The molecule has 5 aromatic rings. The van der Waals surface area contributed by atoms with Crippen LogP contribution in [0.5, 0.6) is 0 Å². The summed E-state index contributed by atoms with van der Waals surface area (Å²) < 4.78 is 4.44. The molecular weight excluding hydrogens is 380 g/mol. The van der Waals surface area contributed by atoms with Gasteiger partial charge in [0.05, 0.1) is 6.10 Å². The molecule has 3 aromatic carbocycles. The molecule has 5 rings (SSSR count). The van der Waals surface area contributed by atoms with E-state index in [4.69, 9.17) is 0 Å². The normalized spacial score (nSPS) is 12.8. The van der Waals surface area contributed by atoms with Crippen LogP contribution in [0.3, 0.4) is 0 Å². The van der Waals surface area contributed by atoms with Crippen molar-refractivity contribution in [3.05, 3.63) is 108 Å². The summed E-state index contributed by atoms with van der Waals surface area (Å²) in [6.07, 6.45) is 5.66. The fourth-order valence-corrected chi connectivity index (χ4v) is 4.95. The number of fused-ring (bicyclic) bond motifs is 2. The van der Waals surface area contributed by atoms with Crippen molar-refractivity contribution in [2.75, 3.05) is 0 Å². The van der Waals surface area contributed by atoms with E-state index in [0.29, 0.717) is 6.42 Å². The van der Waals surface area contributed by atoms with Crippen LogP contribution < -0.4 is 0 Å². The van der Waals surface area contributed by atoms with Crippen LogP contribution in [0.4, 0.5) is 0 Å². The first-order chi connectivity index (χ1) is 15.1. The second-order valence-electron chi connectivity index (χ2n) is 8.48. The number of aromatic nitrogens is 2. The Morgan fingerprint density at radius 2 is 1.13 bits per heavy atom. The maximum absolute atomic E-state index is 10.9. The number of aliphatic hydroxyl groups excluding tert-OH is 1. The predicted molar refractivity (Wildman–Crippen MR) is 128 cm³/mol. The predicted octanol–water partition coefficient (Wildman–Crippen LogP) is 6.32. The van der Waals surface area contributed by atoms with Crippen LogP contribution >= 0.6 is 0 Å². The first-order valence-corrected chi connectivity index (χ1v) is 10.9. The number of aryl methyl sites for hydroxylation is 2. The third-order valence-electron chi connectivity index (χ3n) is 6.52. The largest absolute Gasteiger partial charge is 0.388 e. The van der Waals surface area contributed by atoms with E-state index in [1.165, 1.54) is 32.9 Å². The van der Waals surface area contributed by atoms with E-state index < -0.39 is 6.10 Å². The second-order valence-corrected chi connectivity index (χ2v) is 8.48. The Bertz CT molecular complexity index is 1250. The third-order valence-corrected chi connectivity index (χ3v) is 6.52. The number of hydrogen-bond acceptors (Lipinski definition) is 1. The first kappa shape index (κ1) is 19.7. The van der Waals surface area contributed by atoms with Gasteiger partial charge in [0.25, 0.3) is 0 Å². The Balaban J connectivity index is 1.60. The summed E-state index contributed by atoms with van der Waals surface area (Å²) in [6, 6.07) is 27.2. The van der Waals surface area contributed by atoms with Gasteiger partial charge in [0.2, 0.25) is 0 Å². The smallest absolute Gasteiger partial charge is 0.0790 e. The van der Waals surface area contributed by atoms with Crippen molar-refractivity contribution in [1.29, 1.82) is 0 Å². The molecule has 0 amide bonds. The van der Waals surface area contributed by atoms with Crippen LogP contribution in [0, 0.1) is 0 Å². The summed E-state index contributed by atoms with van der Waals surface area (Å²) in [5.74, 6) is 0.204. The molecule has 2 heterocycles. The standard InChI is InChI=1S/C28H28N2O/c1-29-18-24(22-12-6-8-14-26(22)29)21(16-17-28(31)20-10-4-3-5-11-20)25-19-30(2)27-15-9-7-13-23(25)27/h3-15,18-19,21,28,31H,16-17H2,1-2H3. The van der Waals surface area contributed by atoms with Gasteiger partial charge in [0.1, 0.15) is 0 Å². The molecule has 0 aliphatic carbocycles. The molecule has 0 aliphatic rings. The lowest BCUT2D eigenvalue weighted by atomic mass is 9.85. The highest BCUT2D eigenvalue weighted by Crippen LogP contribution is 2.40. The van der Waals surface area contributed by atoms with Gasteiger partial charge in [-0.3, -0.25) is 0 Å². The van der Waals surface area contributed by atoms with Crippen molar-refractivity contribution in [1.82, 2.24) is 9.13 Å². The minimum absolute atomic E-state index is 0.204. The van der Waals surface area contributed by atoms with Gasteiger partial charge in [0, 0.05) is 54.2 Å². The molecule has 2 aromatic heterocycles. The van der Waals surface area contributed by atoms with Crippen LogP contribution in [0.15, 0.2) is 91.3 Å². The molecule has 0 spiro atoms. The lowest BCUT2D eigenvalue weighted by Gasteiger charge is -2.19. The maximum Gasteiger partial charge on any atom is 0.0790 e. The minimum atomic E-state index is -0.464. The van der Waals surface area contributed by atoms with E-state index in [2.05, 4.69) is 84.2 Å². The Morgan fingerprint density at radius 3 is 1.68 bits per heavy atom. The van der Waals surface area contributed by atoms with Crippen LogP contribution in [0.25, 0.3) is 21.8 Å². The van der Waals surface area contributed by atoms with E-state index in [1.807, 2.05) is 30.3 Å². The molecule has 0 fully saturated rings. The quantitative estimate of drug-likeness (QED) is 0.350. The van der Waals surface area contributed by atoms with Crippen molar-refractivity contribution in [2.24, 2.45) is 14.1 Å². The van der Waals surface area contributed by atoms with Gasteiger partial charge < -0.3 is 14.2 Å². The Hall–Kier alpha value is -3.30. The summed E-state index contributed by atoms with van der Waals surface area (Å²) in [7, 11) is 4.23. The second kappa shape index (κ2) is 8.09. The average molecular weight is 409 g/mol. The number of hydrogen-bond donors (Lipinski definition) is 1. The van der Waals surface area contributed by atoms with Gasteiger partial charge in [-0.15, -0.1) is 0 Å². The molecule has 0 radical (unpaired) electrons. The van der Waals surface area contributed by atoms with Crippen molar-refractivity contribution in [3.8, 4) is 0 Å². The average Bonchev–Trinajstić information content (AvgIpc) is 3.32. The molecular formula is C28H28N2O. The van der Waals surface area contributed by atoms with Crippen molar-refractivity contribution in [3.63, 3.8) is 0 Å². The molecule has 0 bridgehead atoms. The topological polar surface area (TPSA) is 30.1 Å². The number of nitrogens with zero attached hydrogens (tertiary/aromatic N) is 2. The summed E-state index contributed by atoms with van der Waals surface area (Å²) in [6.45, 7) is 0. The number of benzene rings is 3. The number of rotatable bonds is 6. The summed E-state index contributed by atoms with van der Waals surface area (Å²) in [4.78, 5) is 0. The van der Waals surface area contributed by atoms with Crippen molar-refractivity contribution >= 4 is 21.8 Å². The summed E-state index contributed by atoms with van der Waals surface area (Å²) >= 11 is 0. The number of aliphatic hydroxyl groups is 1. The Morgan fingerprint density at radius 1 is 0.645 bits per heavy atom.